The van der Waals surface area contributed by atoms with Crippen LogP contribution in [0.25, 0.3) is 0 Å². The van der Waals surface area contributed by atoms with Crippen molar-refractivity contribution in [1.82, 2.24) is 15.1 Å². The third kappa shape index (κ3) is 3.65. The van der Waals surface area contributed by atoms with Crippen LogP contribution in [0.3, 0.4) is 0 Å². The van der Waals surface area contributed by atoms with E-state index in [1.165, 1.54) is 6.07 Å². The van der Waals surface area contributed by atoms with Gasteiger partial charge in [0, 0.05) is 22.6 Å². The summed E-state index contributed by atoms with van der Waals surface area (Å²) in [5.74, 6) is -0.200. The topological polar surface area (TPSA) is 29.9 Å². The first-order valence-electron chi connectivity index (χ1n) is 6.81. The van der Waals surface area contributed by atoms with E-state index in [1.807, 2.05) is 24.7 Å². The molecule has 0 saturated heterocycles. The minimum atomic E-state index is -0.200. The zero-order valence-electron chi connectivity index (χ0n) is 12.3. The molecular weight excluding hydrogens is 448 g/mol. The fourth-order valence-corrected chi connectivity index (χ4v) is 3.71. The highest BCUT2D eigenvalue weighted by Crippen LogP contribution is 2.28. The lowest BCUT2D eigenvalue weighted by Gasteiger charge is -2.19. The highest BCUT2D eigenvalue weighted by atomic mass is 127. The molecule has 6 heteroatoms. The van der Waals surface area contributed by atoms with Gasteiger partial charge in [0.2, 0.25) is 0 Å². The summed E-state index contributed by atoms with van der Waals surface area (Å²) in [5, 5.41) is 7.85. The lowest BCUT2D eigenvalue weighted by atomic mass is 10.0. The Morgan fingerprint density at radius 3 is 2.76 bits per heavy atom. The Morgan fingerprint density at radius 1 is 1.48 bits per heavy atom. The number of halogens is 3. The molecule has 21 heavy (non-hydrogen) atoms. The second-order valence-electron chi connectivity index (χ2n) is 4.87. The van der Waals surface area contributed by atoms with E-state index >= 15 is 0 Å². The van der Waals surface area contributed by atoms with Gasteiger partial charge in [0.15, 0.2) is 0 Å². The number of rotatable bonds is 5. The van der Waals surface area contributed by atoms with Crippen molar-refractivity contribution >= 4 is 38.5 Å². The van der Waals surface area contributed by atoms with Crippen molar-refractivity contribution in [2.24, 2.45) is 0 Å². The van der Waals surface area contributed by atoms with Gasteiger partial charge >= 0.3 is 0 Å². The minimum absolute atomic E-state index is 0.121. The fourth-order valence-electron chi connectivity index (χ4n) is 2.41. The van der Waals surface area contributed by atoms with Crippen LogP contribution in [0.4, 0.5) is 4.39 Å². The van der Waals surface area contributed by atoms with Crippen LogP contribution in [-0.2, 0) is 13.0 Å². The Balaban J connectivity index is 2.35. The van der Waals surface area contributed by atoms with Gasteiger partial charge in [-0.3, -0.25) is 4.68 Å². The molecule has 0 bridgehead atoms. The summed E-state index contributed by atoms with van der Waals surface area (Å²) in [4.78, 5) is 0. The highest BCUT2D eigenvalue weighted by Gasteiger charge is 2.19. The highest BCUT2D eigenvalue weighted by molar-refractivity contribution is 14.1. The first kappa shape index (κ1) is 16.9. The molecule has 1 heterocycles. The van der Waals surface area contributed by atoms with Crippen LogP contribution < -0.4 is 5.32 Å². The molecule has 1 unspecified atom stereocenters. The molecule has 1 aromatic heterocycles. The monoisotopic (exact) mass is 465 g/mol. The number of aryl methyl sites for hydroxylation is 2. The summed E-state index contributed by atoms with van der Waals surface area (Å²) in [7, 11) is 1.93. The molecule has 3 nitrogen and oxygen atoms in total. The molecule has 0 aliphatic heterocycles. The van der Waals surface area contributed by atoms with E-state index in [4.69, 9.17) is 0 Å². The molecule has 0 spiro atoms. The first-order chi connectivity index (χ1) is 9.97. The van der Waals surface area contributed by atoms with E-state index in [0.717, 1.165) is 38.0 Å². The Bertz CT molecular complexity index is 642. The molecule has 2 rings (SSSR count). The summed E-state index contributed by atoms with van der Waals surface area (Å²) in [6.07, 6.45) is 0.799. The summed E-state index contributed by atoms with van der Waals surface area (Å²) in [5.41, 5.74) is 3.26. The Morgan fingerprint density at radius 2 is 2.19 bits per heavy atom. The van der Waals surface area contributed by atoms with Gasteiger partial charge in [-0.1, -0.05) is 6.07 Å². The van der Waals surface area contributed by atoms with Gasteiger partial charge in [-0.2, -0.15) is 5.10 Å². The molecule has 2 aromatic rings. The number of nitrogens with one attached hydrogen (secondary N) is 1. The van der Waals surface area contributed by atoms with Crippen LogP contribution in [0.15, 0.2) is 22.7 Å². The standard InChI is InChI=1S/C15H18BrFIN3/c1-4-21-14(15(16)9(2)20-21)8-13(19-3)11-6-5-10(17)7-12(11)18/h5-7,13,19H,4,8H2,1-3H3. The SMILES string of the molecule is CCn1nc(C)c(Br)c1CC(NC)c1ccc(F)cc1I. The van der Waals surface area contributed by atoms with Gasteiger partial charge in [0.05, 0.1) is 15.9 Å². The molecule has 1 N–H and O–H groups in total. The predicted octanol–water partition coefficient (Wildman–Crippen LogP) is 4.22. The normalized spacial score (nSPS) is 12.7. The number of likely N-dealkylation sites (N-methyl/N-ethyl adjacent to an activating group) is 1. The molecule has 1 atom stereocenters. The molecule has 0 saturated carbocycles. The maximum Gasteiger partial charge on any atom is 0.124 e. The van der Waals surface area contributed by atoms with Gasteiger partial charge in [0.1, 0.15) is 5.82 Å². The molecular formula is C15H18BrFIN3. The number of hydrogen-bond acceptors (Lipinski definition) is 2. The van der Waals surface area contributed by atoms with E-state index < -0.39 is 0 Å². The van der Waals surface area contributed by atoms with Gasteiger partial charge in [-0.25, -0.2) is 4.39 Å². The predicted molar refractivity (Wildman–Crippen MR) is 95.0 cm³/mol. The molecule has 0 aliphatic rings. The number of benzene rings is 1. The molecule has 114 valence electrons. The largest absolute Gasteiger partial charge is 0.313 e. The molecule has 0 aliphatic carbocycles. The van der Waals surface area contributed by atoms with Gasteiger partial charge in [0.25, 0.3) is 0 Å². The fraction of sp³-hybridized carbons (Fsp3) is 0.400. The van der Waals surface area contributed by atoms with Gasteiger partial charge in [-0.05, 0) is 77.1 Å². The summed E-state index contributed by atoms with van der Waals surface area (Å²) >= 11 is 5.81. The average molecular weight is 466 g/mol. The van der Waals surface area contributed by atoms with E-state index in [9.17, 15) is 4.39 Å². The van der Waals surface area contributed by atoms with E-state index in [2.05, 4.69) is 55.9 Å². The number of nitrogens with zero attached hydrogens (tertiary/aromatic N) is 2. The molecule has 0 amide bonds. The van der Waals surface area contributed by atoms with Crippen LogP contribution in [0, 0.1) is 16.3 Å². The summed E-state index contributed by atoms with van der Waals surface area (Å²) < 4.78 is 17.3. The second kappa shape index (κ2) is 7.19. The molecule has 0 radical (unpaired) electrons. The van der Waals surface area contributed by atoms with Crippen molar-refractivity contribution in [3.63, 3.8) is 0 Å². The van der Waals surface area contributed by atoms with Crippen LogP contribution in [0.1, 0.15) is 29.9 Å². The van der Waals surface area contributed by atoms with Crippen molar-refractivity contribution in [1.29, 1.82) is 0 Å². The van der Waals surface area contributed by atoms with Gasteiger partial charge < -0.3 is 5.32 Å². The van der Waals surface area contributed by atoms with Crippen LogP contribution in [0.2, 0.25) is 0 Å². The Hall–Kier alpha value is -0.470. The van der Waals surface area contributed by atoms with Crippen LogP contribution >= 0.6 is 38.5 Å². The lowest BCUT2D eigenvalue weighted by molar-refractivity contribution is 0.536. The minimum Gasteiger partial charge on any atom is -0.313 e. The summed E-state index contributed by atoms with van der Waals surface area (Å²) in [6, 6.07) is 5.05. The van der Waals surface area contributed by atoms with Crippen molar-refractivity contribution in [2.75, 3.05) is 7.05 Å². The third-order valence-corrected chi connectivity index (χ3v) is 5.50. The second-order valence-corrected chi connectivity index (χ2v) is 6.83. The Labute approximate surface area is 146 Å². The number of hydrogen-bond donors (Lipinski definition) is 1. The van der Waals surface area contributed by atoms with Gasteiger partial charge in [-0.15, -0.1) is 0 Å². The quantitative estimate of drug-likeness (QED) is 0.670. The van der Waals surface area contributed by atoms with Crippen molar-refractivity contribution in [3.05, 3.63) is 49.0 Å². The zero-order valence-corrected chi connectivity index (χ0v) is 16.0. The Kier molecular flexibility index (Phi) is 5.79. The van der Waals surface area contributed by atoms with E-state index in [-0.39, 0.29) is 11.9 Å². The van der Waals surface area contributed by atoms with Crippen LogP contribution in [0.5, 0.6) is 0 Å². The van der Waals surface area contributed by atoms with Crippen LogP contribution in [-0.4, -0.2) is 16.8 Å². The maximum absolute atomic E-state index is 13.3. The van der Waals surface area contributed by atoms with Crippen molar-refractivity contribution < 1.29 is 4.39 Å². The smallest absolute Gasteiger partial charge is 0.124 e. The van der Waals surface area contributed by atoms with E-state index in [0.29, 0.717) is 0 Å². The third-order valence-electron chi connectivity index (χ3n) is 3.54. The van der Waals surface area contributed by atoms with E-state index in [1.54, 1.807) is 6.07 Å². The number of aromatic nitrogens is 2. The van der Waals surface area contributed by atoms with Crippen molar-refractivity contribution in [2.45, 2.75) is 32.9 Å². The molecule has 0 fully saturated rings. The zero-order chi connectivity index (χ0) is 15.6. The molecule has 1 aromatic carbocycles. The first-order valence-corrected chi connectivity index (χ1v) is 8.69. The summed E-state index contributed by atoms with van der Waals surface area (Å²) in [6.45, 7) is 4.91. The lowest BCUT2D eigenvalue weighted by Crippen LogP contribution is -2.21. The van der Waals surface area contributed by atoms with Crippen molar-refractivity contribution in [3.8, 4) is 0 Å². The average Bonchev–Trinajstić information content (AvgIpc) is 2.72. The maximum atomic E-state index is 13.3.